The van der Waals surface area contributed by atoms with Crippen LogP contribution in [0.15, 0.2) is 0 Å². The standard InChI is InChI=1S/C10H15NO3/c12-9-5-7(10(13)14)6-3-1-2-4-8(6)11-9/h6-8H,1-5H2,(H,11,12)(H,13,14)/t6-,7-,8+/m0/s1. The highest BCUT2D eigenvalue weighted by molar-refractivity contribution is 5.84. The van der Waals surface area contributed by atoms with Gasteiger partial charge in [0.05, 0.1) is 5.92 Å². The molecule has 4 nitrogen and oxygen atoms in total. The lowest BCUT2D eigenvalue weighted by Crippen LogP contribution is -2.52. The molecule has 1 saturated heterocycles. The van der Waals surface area contributed by atoms with E-state index in [1.165, 1.54) is 0 Å². The Labute approximate surface area is 82.7 Å². The van der Waals surface area contributed by atoms with Crippen LogP contribution in [0.3, 0.4) is 0 Å². The van der Waals surface area contributed by atoms with Crippen LogP contribution in [0.25, 0.3) is 0 Å². The first-order valence-corrected chi connectivity index (χ1v) is 5.20. The number of carboxylic acid groups (broad SMARTS) is 1. The monoisotopic (exact) mass is 197 g/mol. The lowest BCUT2D eigenvalue weighted by atomic mass is 9.73. The number of rotatable bonds is 1. The molecule has 0 radical (unpaired) electrons. The summed E-state index contributed by atoms with van der Waals surface area (Å²) in [7, 11) is 0. The number of hydrogen-bond donors (Lipinski definition) is 2. The van der Waals surface area contributed by atoms with Crippen LogP contribution in [-0.4, -0.2) is 23.0 Å². The second-order valence-electron chi connectivity index (χ2n) is 4.27. The van der Waals surface area contributed by atoms with E-state index < -0.39 is 11.9 Å². The van der Waals surface area contributed by atoms with E-state index >= 15 is 0 Å². The molecule has 1 saturated carbocycles. The van der Waals surface area contributed by atoms with Gasteiger partial charge in [0.2, 0.25) is 5.91 Å². The number of carbonyl (C=O) groups is 2. The number of nitrogens with one attached hydrogen (secondary N) is 1. The second-order valence-corrected chi connectivity index (χ2v) is 4.27. The summed E-state index contributed by atoms with van der Waals surface area (Å²) in [5.74, 6) is -1.19. The molecule has 0 unspecified atom stereocenters. The molecule has 2 aliphatic rings. The van der Waals surface area contributed by atoms with Crippen LogP contribution in [0.4, 0.5) is 0 Å². The van der Waals surface area contributed by atoms with Crippen LogP contribution in [0, 0.1) is 11.8 Å². The summed E-state index contributed by atoms with van der Waals surface area (Å²) in [4.78, 5) is 22.2. The Balaban J connectivity index is 2.14. The predicted molar refractivity (Wildman–Crippen MR) is 49.6 cm³/mol. The van der Waals surface area contributed by atoms with Crippen molar-refractivity contribution in [1.29, 1.82) is 0 Å². The van der Waals surface area contributed by atoms with Gasteiger partial charge in [0, 0.05) is 12.5 Å². The van der Waals surface area contributed by atoms with Gasteiger partial charge in [0.1, 0.15) is 0 Å². The van der Waals surface area contributed by atoms with Gasteiger partial charge in [-0.2, -0.15) is 0 Å². The van der Waals surface area contributed by atoms with E-state index in [0.717, 1.165) is 25.7 Å². The molecule has 3 atom stereocenters. The second kappa shape index (κ2) is 3.59. The third kappa shape index (κ3) is 1.61. The number of fused-ring (bicyclic) bond motifs is 1. The van der Waals surface area contributed by atoms with Crippen molar-refractivity contribution in [2.24, 2.45) is 11.8 Å². The summed E-state index contributed by atoms with van der Waals surface area (Å²) in [5, 5.41) is 11.9. The van der Waals surface area contributed by atoms with E-state index in [0.29, 0.717) is 0 Å². The van der Waals surface area contributed by atoms with E-state index in [1.54, 1.807) is 0 Å². The fraction of sp³-hybridized carbons (Fsp3) is 0.800. The molecule has 0 spiro atoms. The van der Waals surface area contributed by atoms with Crippen LogP contribution in [0.2, 0.25) is 0 Å². The number of hydrogen-bond acceptors (Lipinski definition) is 2. The Morgan fingerprint density at radius 1 is 1.36 bits per heavy atom. The molecule has 2 N–H and O–H groups in total. The number of aliphatic carboxylic acids is 1. The largest absolute Gasteiger partial charge is 0.481 e. The summed E-state index contributed by atoms with van der Waals surface area (Å²) < 4.78 is 0. The first-order chi connectivity index (χ1) is 6.68. The molecule has 1 aliphatic carbocycles. The van der Waals surface area contributed by atoms with Crippen LogP contribution in [-0.2, 0) is 9.59 Å². The van der Waals surface area contributed by atoms with E-state index in [2.05, 4.69) is 5.32 Å². The van der Waals surface area contributed by atoms with Crippen LogP contribution >= 0.6 is 0 Å². The van der Waals surface area contributed by atoms with Gasteiger partial charge < -0.3 is 10.4 Å². The fourth-order valence-electron chi connectivity index (χ4n) is 2.71. The van der Waals surface area contributed by atoms with Crippen molar-refractivity contribution in [3.63, 3.8) is 0 Å². The SMILES string of the molecule is O=C1C[C@H](C(=O)O)[C@@H]2CCCC[C@H]2N1. The Kier molecular flexibility index (Phi) is 2.44. The van der Waals surface area contributed by atoms with E-state index in [4.69, 9.17) is 5.11 Å². The van der Waals surface area contributed by atoms with Gasteiger partial charge in [-0.1, -0.05) is 12.8 Å². The average Bonchev–Trinajstić information content (AvgIpc) is 2.16. The van der Waals surface area contributed by atoms with Gasteiger partial charge in [-0.05, 0) is 18.8 Å². The van der Waals surface area contributed by atoms with Crippen LogP contribution in [0.1, 0.15) is 32.1 Å². The Hall–Kier alpha value is -1.06. The maximum Gasteiger partial charge on any atom is 0.307 e. The highest BCUT2D eigenvalue weighted by Gasteiger charge is 2.41. The minimum atomic E-state index is -0.809. The number of amides is 1. The summed E-state index contributed by atoms with van der Waals surface area (Å²) in [6, 6.07) is 0.117. The third-order valence-corrected chi connectivity index (χ3v) is 3.41. The molecular formula is C10H15NO3. The normalized spacial score (nSPS) is 37.1. The Morgan fingerprint density at radius 2 is 2.07 bits per heavy atom. The van der Waals surface area contributed by atoms with E-state index in [9.17, 15) is 9.59 Å². The maximum atomic E-state index is 11.3. The van der Waals surface area contributed by atoms with Crippen LogP contribution < -0.4 is 5.32 Å². The van der Waals surface area contributed by atoms with Crippen LogP contribution in [0.5, 0.6) is 0 Å². The molecule has 0 aromatic rings. The first kappa shape index (κ1) is 9.49. The van der Waals surface area contributed by atoms with Gasteiger partial charge in [0.15, 0.2) is 0 Å². The number of carbonyl (C=O) groups excluding carboxylic acids is 1. The first-order valence-electron chi connectivity index (χ1n) is 5.20. The van der Waals surface area contributed by atoms with Gasteiger partial charge >= 0.3 is 5.97 Å². The van der Waals surface area contributed by atoms with Gasteiger partial charge in [-0.15, -0.1) is 0 Å². The van der Waals surface area contributed by atoms with Crippen molar-refractivity contribution >= 4 is 11.9 Å². The summed E-state index contributed by atoms with van der Waals surface area (Å²) in [5.41, 5.74) is 0. The molecule has 4 heteroatoms. The molecule has 1 heterocycles. The molecule has 1 aliphatic heterocycles. The smallest absolute Gasteiger partial charge is 0.307 e. The number of carboxylic acids is 1. The molecular weight excluding hydrogens is 182 g/mol. The topological polar surface area (TPSA) is 66.4 Å². The predicted octanol–water partition coefficient (Wildman–Crippen LogP) is 0.766. The quantitative estimate of drug-likeness (QED) is 0.652. The van der Waals surface area contributed by atoms with E-state index in [-0.39, 0.29) is 24.3 Å². The van der Waals surface area contributed by atoms with E-state index in [1.807, 2.05) is 0 Å². The van der Waals surface area contributed by atoms with Crippen molar-refractivity contribution in [3.8, 4) is 0 Å². The molecule has 1 amide bonds. The zero-order valence-corrected chi connectivity index (χ0v) is 8.03. The lowest BCUT2D eigenvalue weighted by Gasteiger charge is -2.39. The molecule has 14 heavy (non-hydrogen) atoms. The Morgan fingerprint density at radius 3 is 2.79 bits per heavy atom. The average molecular weight is 197 g/mol. The lowest BCUT2D eigenvalue weighted by molar-refractivity contribution is -0.150. The van der Waals surface area contributed by atoms with Crippen molar-refractivity contribution < 1.29 is 14.7 Å². The molecule has 0 aromatic heterocycles. The minimum absolute atomic E-state index is 0.0967. The number of piperidine rings is 1. The van der Waals surface area contributed by atoms with Gasteiger partial charge in [-0.25, -0.2) is 0 Å². The molecule has 2 rings (SSSR count). The molecule has 2 fully saturated rings. The van der Waals surface area contributed by atoms with Crippen molar-refractivity contribution in [3.05, 3.63) is 0 Å². The molecule has 0 aromatic carbocycles. The highest BCUT2D eigenvalue weighted by Crippen LogP contribution is 2.35. The van der Waals surface area contributed by atoms with Crippen molar-refractivity contribution in [2.75, 3.05) is 0 Å². The summed E-state index contributed by atoms with van der Waals surface area (Å²) in [6.07, 6.45) is 4.26. The summed E-state index contributed by atoms with van der Waals surface area (Å²) in [6.45, 7) is 0. The van der Waals surface area contributed by atoms with Gasteiger partial charge in [-0.3, -0.25) is 9.59 Å². The van der Waals surface area contributed by atoms with Crippen molar-refractivity contribution in [1.82, 2.24) is 5.32 Å². The zero-order chi connectivity index (χ0) is 10.1. The minimum Gasteiger partial charge on any atom is -0.481 e. The third-order valence-electron chi connectivity index (χ3n) is 3.41. The highest BCUT2D eigenvalue weighted by atomic mass is 16.4. The van der Waals surface area contributed by atoms with Gasteiger partial charge in [0.25, 0.3) is 0 Å². The fourth-order valence-corrected chi connectivity index (χ4v) is 2.71. The zero-order valence-electron chi connectivity index (χ0n) is 8.03. The maximum absolute atomic E-state index is 11.3. The molecule has 0 bridgehead atoms. The Bertz CT molecular complexity index is 262. The van der Waals surface area contributed by atoms with Crippen molar-refractivity contribution in [2.45, 2.75) is 38.1 Å². The summed E-state index contributed by atoms with van der Waals surface area (Å²) >= 11 is 0. The molecule has 78 valence electrons.